The van der Waals surface area contributed by atoms with Gasteiger partial charge in [-0.1, -0.05) is 19.3 Å². The van der Waals surface area contributed by atoms with E-state index in [9.17, 15) is 14.0 Å². The Bertz CT molecular complexity index is 916. The van der Waals surface area contributed by atoms with Crippen LogP contribution in [0.1, 0.15) is 63.3 Å². The van der Waals surface area contributed by atoms with E-state index in [-0.39, 0.29) is 17.3 Å². The van der Waals surface area contributed by atoms with Crippen molar-refractivity contribution >= 4 is 17.5 Å². The summed E-state index contributed by atoms with van der Waals surface area (Å²) in [6.45, 7) is 4.38. The van der Waals surface area contributed by atoms with Gasteiger partial charge in [-0.15, -0.1) is 0 Å². The Labute approximate surface area is 165 Å². The fourth-order valence-electron chi connectivity index (χ4n) is 4.14. The van der Waals surface area contributed by atoms with E-state index >= 15 is 0 Å². The molecule has 0 atom stereocenters. The zero-order valence-electron chi connectivity index (χ0n) is 16.8. The molecule has 1 saturated carbocycles. The number of halogens is 1. The molecule has 0 spiro atoms. The van der Waals surface area contributed by atoms with Gasteiger partial charge < -0.3 is 14.3 Å². The van der Waals surface area contributed by atoms with E-state index in [2.05, 4.69) is 5.32 Å². The summed E-state index contributed by atoms with van der Waals surface area (Å²) in [6, 6.07) is 3.57. The predicted octanol–water partition coefficient (Wildman–Crippen LogP) is 4.22. The number of fused-ring (bicyclic) bond motifs is 1. The highest BCUT2D eigenvalue weighted by molar-refractivity contribution is 5.75. The molecule has 0 aromatic carbocycles. The van der Waals surface area contributed by atoms with Crippen LogP contribution in [0.3, 0.4) is 0 Å². The van der Waals surface area contributed by atoms with Crippen molar-refractivity contribution < 1.29 is 9.18 Å². The third-order valence-corrected chi connectivity index (χ3v) is 5.67. The number of nitrogens with one attached hydrogen (secondary N) is 1. The molecule has 1 amide bonds. The molecule has 1 aliphatic carbocycles. The van der Waals surface area contributed by atoms with Crippen LogP contribution in [-0.2, 0) is 11.3 Å². The molecular formula is C22H30FN3O2. The van der Waals surface area contributed by atoms with E-state index in [4.69, 9.17) is 0 Å². The summed E-state index contributed by atoms with van der Waals surface area (Å²) in [5.41, 5.74) is 1.76. The fraction of sp³-hybridized carbons (Fsp3) is 0.545. The lowest BCUT2D eigenvalue weighted by atomic mass is 9.89. The maximum Gasteiger partial charge on any atom is 0.275 e. The first kappa shape index (κ1) is 20.4. The zero-order valence-corrected chi connectivity index (χ0v) is 16.8. The minimum atomic E-state index is -0.354. The first-order chi connectivity index (χ1) is 13.5. The van der Waals surface area contributed by atoms with Crippen LogP contribution in [0.2, 0.25) is 0 Å². The van der Waals surface area contributed by atoms with Gasteiger partial charge in [-0.25, -0.2) is 4.39 Å². The molecule has 2 aromatic heterocycles. The maximum absolute atomic E-state index is 13.6. The normalized spacial score (nSPS) is 15.9. The van der Waals surface area contributed by atoms with Crippen LogP contribution in [0.15, 0.2) is 29.0 Å². The van der Waals surface area contributed by atoms with Crippen LogP contribution in [0.4, 0.5) is 4.39 Å². The molecule has 152 valence electrons. The lowest BCUT2D eigenvalue weighted by Crippen LogP contribution is -2.31. The van der Waals surface area contributed by atoms with Crippen molar-refractivity contribution in [2.24, 2.45) is 5.92 Å². The molecule has 2 heterocycles. The summed E-state index contributed by atoms with van der Waals surface area (Å²) in [5.74, 6) is 0.273. The zero-order chi connectivity index (χ0) is 20.1. The largest absolute Gasteiger partial charge is 0.356 e. The van der Waals surface area contributed by atoms with Crippen molar-refractivity contribution in [2.45, 2.75) is 65.3 Å². The number of aromatic nitrogens is 2. The van der Waals surface area contributed by atoms with E-state index in [1.165, 1.54) is 45.1 Å². The summed E-state index contributed by atoms with van der Waals surface area (Å²) in [5, 5.41) is 3.03. The molecule has 1 fully saturated rings. The molecule has 6 heteroatoms. The topological polar surface area (TPSA) is 55.5 Å². The van der Waals surface area contributed by atoms with Crippen LogP contribution < -0.4 is 10.9 Å². The van der Waals surface area contributed by atoms with Gasteiger partial charge in [0.15, 0.2) is 0 Å². The molecule has 1 N–H and O–H groups in total. The van der Waals surface area contributed by atoms with Gasteiger partial charge in [0.25, 0.3) is 5.56 Å². The van der Waals surface area contributed by atoms with Gasteiger partial charge in [-0.3, -0.25) is 9.59 Å². The Balaban J connectivity index is 1.66. The van der Waals surface area contributed by atoms with Crippen LogP contribution in [-0.4, -0.2) is 21.4 Å². The molecule has 0 aliphatic heterocycles. The summed E-state index contributed by atoms with van der Waals surface area (Å²) in [7, 11) is 0. The van der Waals surface area contributed by atoms with E-state index in [0.29, 0.717) is 36.5 Å². The van der Waals surface area contributed by atoms with Crippen molar-refractivity contribution in [3.05, 3.63) is 45.9 Å². The van der Waals surface area contributed by atoms with E-state index in [0.717, 1.165) is 12.2 Å². The molecule has 5 nitrogen and oxygen atoms in total. The molecule has 0 saturated heterocycles. The minimum absolute atomic E-state index is 0.0258. The molecule has 2 aromatic rings. The summed E-state index contributed by atoms with van der Waals surface area (Å²) < 4.78 is 17.0. The number of nitrogens with zero attached hydrogens (tertiary/aromatic N) is 2. The third-order valence-electron chi connectivity index (χ3n) is 5.67. The average molecular weight is 387 g/mol. The molecule has 1 aliphatic rings. The van der Waals surface area contributed by atoms with E-state index in [1.807, 2.05) is 13.0 Å². The molecular weight excluding hydrogens is 357 g/mol. The van der Waals surface area contributed by atoms with Crippen LogP contribution in [0, 0.1) is 12.8 Å². The molecule has 0 unspecified atom stereocenters. The Morgan fingerprint density at radius 2 is 2.07 bits per heavy atom. The second kappa shape index (κ2) is 9.22. The van der Waals surface area contributed by atoms with E-state index in [1.54, 1.807) is 21.2 Å². The third kappa shape index (κ3) is 4.72. The van der Waals surface area contributed by atoms with E-state index < -0.39 is 0 Å². The summed E-state index contributed by atoms with van der Waals surface area (Å²) in [4.78, 5) is 25.0. The number of carbonyl (C=O) groups is 1. The monoisotopic (exact) mass is 387 g/mol. The first-order valence-electron chi connectivity index (χ1n) is 10.3. The maximum atomic E-state index is 13.6. The highest BCUT2D eigenvalue weighted by atomic mass is 19.1. The van der Waals surface area contributed by atoms with Gasteiger partial charge in [0.1, 0.15) is 5.52 Å². The Kier molecular flexibility index (Phi) is 6.70. The first-order valence-corrected chi connectivity index (χ1v) is 10.3. The number of carbonyl (C=O) groups excluding carboxylic acids is 1. The fourth-order valence-corrected chi connectivity index (χ4v) is 4.14. The number of amides is 1. The molecule has 3 rings (SSSR count). The molecule has 0 bridgehead atoms. The lowest BCUT2D eigenvalue weighted by Gasteiger charge is -2.21. The van der Waals surface area contributed by atoms with Crippen molar-refractivity contribution in [3.8, 4) is 0 Å². The van der Waals surface area contributed by atoms with Gasteiger partial charge >= 0.3 is 0 Å². The van der Waals surface area contributed by atoms with Crippen LogP contribution in [0.25, 0.3) is 11.6 Å². The summed E-state index contributed by atoms with van der Waals surface area (Å²) >= 11 is 0. The number of allylic oxidation sites excluding steroid dienone is 1. The lowest BCUT2D eigenvalue weighted by molar-refractivity contribution is -0.121. The van der Waals surface area contributed by atoms with Crippen molar-refractivity contribution in [1.29, 1.82) is 0 Å². The standard InChI is InChI=1S/C22H30FN3O2/c1-16(23)14-20-17(2)25-12-6-10-19(25)22(28)26(20)13-7-11-21(27)24-15-18-8-4-3-5-9-18/h6,10,12,14,18H,3-5,7-9,11,13,15H2,1-2H3,(H,24,27)/b16-14+. The molecule has 0 radical (unpaired) electrons. The number of hydrogen-bond donors (Lipinski definition) is 1. The highest BCUT2D eigenvalue weighted by Gasteiger charge is 2.15. The van der Waals surface area contributed by atoms with Gasteiger partial charge in [-0.2, -0.15) is 0 Å². The van der Waals surface area contributed by atoms with Gasteiger partial charge in [0.2, 0.25) is 5.91 Å². The Morgan fingerprint density at radius 1 is 1.32 bits per heavy atom. The van der Waals surface area contributed by atoms with Crippen molar-refractivity contribution in [1.82, 2.24) is 14.3 Å². The highest BCUT2D eigenvalue weighted by Crippen LogP contribution is 2.22. The van der Waals surface area contributed by atoms with Crippen LogP contribution in [0.5, 0.6) is 0 Å². The van der Waals surface area contributed by atoms with Crippen molar-refractivity contribution in [2.75, 3.05) is 6.54 Å². The Hall–Kier alpha value is -2.37. The second-order valence-electron chi connectivity index (χ2n) is 7.83. The van der Waals surface area contributed by atoms with Gasteiger partial charge in [0.05, 0.1) is 11.5 Å². The van der Waals surface area contributed by atoms with Crippen molar-refractivity contribution in [3.63, 3.8) is 0 Å². The van der Waals surface area contributed by atoms with Gasteiger partial charge in [-0.05, 0) is 57.2 Å². The Morgan fingerprint density at radius 3 is 2.79 bits per heavy atom. The number of hydrogen-bond acceptors (Lipinski definition) is 2. The quantitative estimate of drug-likeness (QED) is 0.773. The SMILES string of the molecule is C/C(F)=C\c1c(C)n2cccc2c(=O)n1CCCC(=O)NCC1CCCCC1. The van der Waals surface area contributed by atoms with Gasteiger partial charge in [0, 0.05) is 31.4 Å². The predicted molar refractivity (Wildman–Crippen MR) is 110 cm³/mol. The smallest absolute Gasteiger partial charge is 0.275 e. The average Bonchev–Trinajstić information content (AvgIpc) is 3.17. The molecule has 28 heavy (non-hydrogen) atoms. The van der Waals surface area contributed by atoms with Crippen LogP contribution >= 0.6 is 0 Å². The summed E-state index contributed by atoms with van der Waals surface area (Å²) in [6.07, 6.45) is 10.3. The minimum Gasteiger partial charge on any atom is -0.356 e. The second-order valence-corrected chi connectivity index (χ2v) is 7.83. The number of aryl methyl sites for hydroxylation is 1. The number of rotatable bonds is 7.